The molecule has 0 aliphatic carbocycles. The molecule has 0 aliphatic rings. The van der Waals surface area contributed by atoms with E-state index in [1.165, 1.54) is 4.90 Å². The summed E-state index contributed by atoms with van der Waals surface area (Å²) in [7, 11) is 0. The van der Waals surface area contributed by atoms with Gasteiger partial charge in [-0.3, -0.25) is 4.79 Å². The van der Waals surface area contributed by atoms with E-state index < -0.39 is 5.92 Å². The van der Waals surface area contributed by atoms with Gasteiger partial charge in [0.2, 0.25) is 5.91 Å². The van der Waals surface area contributed by atoms with Crippen LogP contribution >= 0.6 is 0 Å². The maximum atomic E-state index is 11.7. The lowest BCUT2D eigenvalue weighted by Crippen LogP contribution is -2.35. The summed E-state index contributed by atoms with van der Waals surface area (Å²) in [4.78, 5) is 13.2. The van der Waals surface area contributed by atoms with Crippen molar-refractivity contribution in [1.29, 1.82) is 5.26 Å². The molecule has 14 heavy (non-hydrogen) atoms. The fourth-order valence-corrected chi connectivity index (χ4v) is 1.21. The molecule has 0 radical (unpaired) electrons. The number of carbonyl (C=O) groups is 1. The lowest BCUT2D eigenvalue weighted by atomic mass is 10.0. The average Bonchev–Trinajstić information content (AvgIpc) is 2.21. The third-order valence-electron chi connectivity index (χ3n) is 2.01. The van der Waals surface area contributed by atoms with Crippen LogP contribution in [0.3, 0.4) is 0 Å². The Morgan fingerprint density at radius 2 is 2.21 bits per heavy atom. The van der Waals surface area contributed by atoms with Gasteiger partial charge in [0, 0.05) is 6.54 Å². The number of terminal acetylenes is 1. The van der Waals surface area contributed by atoms with Gasteiger partial charge in [0.05, 0.1) is 12.6 Å². The summed E-state index contributed by atoms with van der Waals surface area (Å²) in [5.41, 5.74) is 0. The maximum absolute atomic E-state index is 11.7. The highest BCUT2D eigenvalue weighted by molar-refractivity contribution is 5.81. The Morgan fingerprint density at radius 3 is 2.57 bits per heavy atom. The molecule has 3 heteroatoms. The first-order valence-corrected chi connectivity index (χ1v) is 4.83. The predicted molar refractivity (Wildman–Crippen MR) is 55.1 cm³/mol. The molecular formula is C11H16N2O. The number of nitriles is 1. The smallest absolute Gasteiger partial charge is 0.240 e. The van der Waals surface area contributed by atoms with E-state index in [0.717, 1.165) is 6.42 Å². The van der Waals surface area contributed by atoms with Gasteiger partial charge in [-0.05, 0) is 13.3 Å². The first kappa shape index (κ1) is 12.5. The van der Waals surface area contributed by atoms with Crippen LogP contribution in [0.25, 0.3) is 0 Å². The van der Waals surface area contributed by atoms with Crippen LogP contribution in [0, 0.1) is 29.6 Å². The molecule has 0 saturated heterocycles. The standard InChI is InChI=1S/C11H16N2O/c1-4-7-10(9-12)11(14)13(6-3)8-5-2/h2,10H,4,6-8H2,1,3H3. The summed E-state index contributed by atoms with van der Waals surface area (Å²) < 4.78 is 0. The second-order valence-electron chi connectivity index (χ2n) is 3.03. The Balaban J connectivity index is 4.40. The van der Waals surface area contributed by atoms with Gasteiger partial charge in [-0.15, -0.1) is 6.42 Å². The van der Waals surface area contributed by atoms with Gasteiger partial charge in [0.1, 0.15) is 5.92 Å². The summed E-state index contributed by atoms with van der Waals surface area (Å²) in [6.45, 7) is 4.66. The summed E-state index contributed by atoms with van der Waals surface area (Å²) in [6.07, 6.45) is 6.57. The Morgan fingerprint density at radius 1 is 1.57 bits per heavy atom. The Bertz CT molecular complexity index is 259. The first-order valence-electron chi connectivity index (χ1n) is 4.83. The van der Waals surface area contributed by atoms with Crippen molar-refractivity contribution in [3.63, 3.8) is 0 Å². The van der Waals surface area contributed by atoms with Crippen molar-refractivity contribution in [2.24, 2.45) is 5.92 Å². The van der Waals surface area contributed by atoms with Crippen LogP contribution in [0.1, 0.15) is 26.7 Å². The topological polar surface area (TPSA) is 44.1 Å². The number of amides is 1. The zero-order valence-corrected chi connectivity index (χ0v) is 8.79. The van der Waals surface area contributed by atoms with Crippen molar-refractivity contribution in [3.8, 4) is 18.4 Å². The first-order chi connectivity index (χ1) is 6.71. The molecule has 0 heterocycles. The van der Waals surface area contributed by atoms with Crippen LogP contribution in [0.2, 0.25) is 0 Å². The van der Waals surface area contributed by atoms with Gasteiger partial charge in [-0.25, -0.2) is 0 Å². The molecular weight excluding hydrogens is 176 g/mol. The predicted octanol–water partition coefficient (Wildman–Crippen LogP) is 1.41. The molecule has 3 nitrogen and oxygen atoms in total. The van der Waals surface area contributed by atoms with Crippen molar-refractivity contribution in [2.45, 2.75) is 26.7 Å². The molecule has 0 bridgehead atoms. The van der Waals surface area contributed by atoms with Crippen LogP contribution in [0.15, 0.2) is 0 Å². The van der Waals surface area contributed by atoms with Crippen molar-refractivity contribution in [3.05, 3.63) is 0 Å². The molecule has 0 rings (SSSR count). The van der Waals surface area contributed by atoms with Crippen molar-refractivity contribution >= 4 is 5.91 Å². The maximum Gasteiger partial charge on any atom is 0.240 e. The van der Waals surface area contributed by atoms with E-state index in [1.54, 1.807) is 0 Å². The summed E-state index contributed by atoms with van der Waals surface area (Å²) >= 11 is 0. The Kier molecular flexibility index (Phi) is 6.24. The van der Waals surface area contributed by atoms with Crippen LogP contribution in [0.4, 0.5) is 0 Å². The van der Waals surface area contributed by atoms with E-state index in [4.69, 9.17) is 11.7 Å². The van der Waals surface area contributed by atoms with Crippen LogP contribution < -0.4 is 0 Å². The van der Waals surface area contributed by atoms with Gasteiger partial charge >= 0.3 is 0 Å². The quantitative estimate of drug-likeness (QED) is 0.618. The van der Waals surface area contributed by atoms with Crippen LogP contribution in [-0.2, 0) is 4.79 Å². The highest BCUT2D eigenvalue weighted by Gasteiger charge is 2.21. The Hall–Kier alpha value is -1.48. The van der Waals surface area contributed by atoms with Gasteiger partial charge in [0.15, 0.2) is 0 Å². The molecule has 76 valence electrons. The second kappa shape index (κ2) is 6.97. The minimum atomic E-state index is -0.534. The van der Waals surface area contributed by atoms with E-state index in [9.17, 15) is 4.79 Å². The minimum Gasteiger partial charge on any atom is -0.331 e. The number of rotatable bonds is 5. The van der Waals surface area contributed by atoms with E-state index in [2.05, 4.69) is 5.92 Å². The number of nitrogens with zero attached hydrogens (tertiary/aromatic N) is 2. The third kappa shape index (κ3) is 3.49. The molecule has 0 spiro atoms. The lowest BCUT2D eigenvalue weighted by molar-refractivity contribution is -0.133. The lowest BCUT2D eigenvalue weighted by Gasteiger charge is -2.20. The molecule has 0 aromatic rings. The zero-order chi connectivity index (χ0) is 11.0. The SMILES string of the molecule is C#CCN(CC)C(=O)C(C#N)CCC. The average molecular weight is 192 g/mol. The fourth-order valence-electron chi connectivity index (χ4n) is 1.21. The van der Waals surface area contributed by atoms with Crippen molar-refractivity contribution in [1.82, 2.24) is 4.90 Å². The monoisotopic (exact) mass is 192 g/mol. The zero-order valence-electron chi connectivity index (χ0n) is 8.79. The minimum absolute atomic E-state index is 0.144. The fraction of sp³-hybridized carbons (Fsp3) is 0.636. The van der Waals surface area contributed by atoms with Crippen LogP contribution in [0.5, 0.6) is 0 Å². The van der Waals surface area contributed by atoms with Crippen LogP contribution in [-0.4, -0.2) is 23.9 Å². The molecule has 1 unspecified atom stereocenters. The molecule has 0 saturated carbocycles. The number of carbonyl (C=O) groups excluding carboxylic acids is 1. The highest BCUT2D eigenvalue weighted by Crippen LogP contribution is 2.09. The van der Waals surface area contributed by atoms with Crippen molar-refractivity contribution in [2.75, 3.05) is 13.1 Å². The molecule has 1 amide bonds. The number of hydrogen-bond donors (Lipinski definition) is 0. The summed E-state index contributed by atoms with van der Waals surface area (Å²) in [6, 6.07) is 2.02. The van der Waals surface area contributed by atoms with E-state index in [-0.39, 0.29) is 12.5 Å². The van der Waals surface area contributed by atoms with Gasteiger partial charge in [-0.2, -0.15) is 5.26 Å². The van der Waals surface area contributed by atoms with E-state index >= 15 is 0 Å². The highest BCUT2D eigenvalue weighted by atomic mass is 16.2. The van der Waals surface area contributed by atoms with Gasteiger partial charge in [0.25, 0.3) is 0 Å². The molecule has 0 aromatic carbocycles. The molecule has 0 aromatic heterocycles. The summed E-state index contributed by atoms with van der Waals surface area (Å²) in [5, 5.41) is 8.79. The molecule has 1 atom stereocenters. The molecule has 0 fully saturated rings. The van der Waals surface area contributed by atoms with E-state index in [0.29, 0.717) is 13.0 Å². The third-order valence-corrected chi connectivity index (χ3v) is 2.01. The second-order valence-corrected chi connectivity index (χ2v) is 3.03. The van der Waals surface area contributed by atoms with Crippen molar-refractivity contribution < 1.29 is 4.79 Å². The summed E-state index contributed by atoms with van der Waals surface area (Å²) in [5.74, 6) is 1.74. The largest absolute Gasteiger partial charge is 0.331 e. The Labute approximate surface area is 85.7 Å². The molecule has 0 aliphatic heterocycles. The van der Waals surface area contributed by atoms with Gasteiger partial charge < -0.3 is 4.90 Å². The van der Waals surface area contributed by atoms with Gasteiger partial charge in [-0.1, -0.05) is 19.3 Å². The normalized spacial score (nSPS) is 11.1. The molecule has 0 N–H and O–H groups in total. The number of hydrogen-bond acceptors (Lipinski definition) is 2. The van der Waals surface area contributed by atoms with E-state index in [1.807, 2.05) is 19.9 Å².